The van der Waals surface area contributed by atoms with Crippen LogP contribution in [0.3, 0.4) is 0 Å². The van der Waals surface area contributed by atoms with Crippen LogP contribution in [0.15, 0.2) is 57.8 Å². The van der Waals surface area contributed by atoms with Crippen molar-refractivity contribution in [3.8, 4) is 22.4 Å². The fraction of sp³-hybridized carbons (Fsp3) is 0.174. The van der Waals surface area contributed by atoms with Gasteiger partial charge in [-0.25, -0.2) is 9.89 Å². The Hall–Kier alpha value is -4.31. The van der Waals surface area contributed by atoms with Gasteiger partial charge in [-0.1, -0.05) is 35.5 Å². The molecular formula is C23H22N7O3+. The van der Waals surface area contributed by atoms with E-state index >= 15 is 0 Å². The molecule has 166 valence electrons. The molecule has 33 heavy (non-hydrogen) atoms. The summed E-state index contributed by atoms with van der Waals surface area (Å²) in [5, 5.41) is 16.9. The molecule has 4 heterocycles. The minimum absolute atomic E-state index is 0.0529. The van der Waals surface area contributed by atoms with Crippen LogP contribution in [-0.4, -0.2) is 30.0 Å². The minimum Gasteiger partial charge on any atom is -0.390 e. The van der Waals surface area contributed by atoms with Crippen LogP contribution in [0.1, 0.15) is 22.8 Å². The third-order valence-corrected chi connectivity index (χ3v) is 5.32. The van der Waals surface area contributed by atoms with E-state index in [0.29, 0.717) is 34.1 Å². The van der Waals surface area contributed by atoms with Crippen molar-refractivity contribution in [3.63, 3.8) is 0 Å². The molecule has 0 saturated heterocycles. The second-order valence-electron chi connectivity index (χ2n) is 7.80. The average Bonchev–Trinajstić information content (AvgIpc) is 3.36. The summed E-state index contributed by atoms with van der Waals surface area (Å²) in [5.74, 6) is 0.705. The van der Waals surface area contributed by atoms with E-state index in [1.54, 1.807) is 19.1 Å². The average molecular weight is 444 g/mol. The van der Waals surface area contributed by atoms with Gasteiger partial charge < -0.3 is 15.4 Å². The van der Waals surface area contributed by atoms with Gasteiger partial charge in [0.1, 0.15) is 23.7 Å². The van der Waals surface area contributed by atoms with E-state index in [9.17, 15) is 9.90 Å². The number of aliphatic hydroxyl groups excluding tert-OH is 1. The smallest absolute Gasteiger partial charge is 0.390 e. The zero-order chi connectivity index (χ0) is 23.1. The molecule has 0 aliphatic heterocycles. The summed E-state index contributed by atoms with van der Waals surface area (Å²) in [5.41, 5.74) is 11.1. The van der Waals surface area contributed by atoms with Gasteiger partial charge in [0.25, 0.3) is 0 Å². The second kappa shape index (κ2) is 7.99. The summed E-state index contributed by atoms with van der Waals surface area (Å²) in [7, 11) is 0. The molecule has 10 nitrogen and oxygen atoms in total. The highest BCUT2D eigenvalue weighted by Crippen LogP contribution is 2.33. The second-order valence-corrected chi connectivity index (χ2v) is 7.80. The molecule has 10 heteroatoms. The maximum absolute atomic E-state index is 13.2. The normalized spacial score (nSPS) is 11.4. The van der Waals surface area contributed by atoms with Crippen LogP contribution >= 0.6 is 0 Å². The van der Waals surface area contributed by atoms with E-state index in [2.05, 4.69) is 20.2 Å². The van der Waals surface area contributed by atoms with Crippen molar-refractivity contribution in [2.45, 2.75) is 27.0 Å². The molecule has 0 bridgehead atoms. The van der Waals surface area contributed by atoms with Gasteiger partial charge in [0, 0.05) is 17.3 Å². The van der Waals surface area contributed by atoms with Crippen molar-refractivity contribution < 1.29 is 14.0 Å². The third kappa shape index (κ3) is 3.66. The van der Waals surface area contributed by atoms with Gasteiger partial charge >= 0.3 is 11.6 Å². The molecule has 0 aliphatic carbocycles. The summed E-state index contributed by atoms with van der Waals surface area (Å²) in [4.78, 5) is 22.2. The summed E-state index contributed by atoms with van der Waals surface area (Å²) in [6, 6.07) is 15.0. The minimum atomic E-state index is -0.385. The number of nitrogen functional groups attached to an aromatic ring is 1. The van der Waals surface area contributed by atoms with Crippen molar-refractivity contribution in [1.82, 2.24) is 24.9 Å². The van der Waals surface area contributed by atoms with Crippen molar-refractivity contribution in [3.05, 3.63) is 81.9 Å². The number of anilines is 1. The van der Waals surface area contributed by atoms with Crippen LogP contribution in [0, 0.1) is 13.8 Å². The summed E-state index contributed by atoms with van der Waals surface area (Å²) >= 11 is 0. The third-order valence-electron chi connectivity index (χ3n) is 5.32. The first-order chi connectivity index (χ1) is 15.9. The number of aryl methyl sites for hydroxylation is 2. The fourth-order valence-electron chi connectivity index (χ4n) is 3.96. The molecule has 4 N–H and O–H groups in total. The number of aromatic nitrogens is 6. The fourth-order valence-corrected chi connectivity index (χ4v) is 3.96. The number of hydrogen-bond donors (Lipinski definition) is 3. The molecule has 0 saturated carbocycles. The first-order valence-electron chi connectivity index (χ1n) is 10.3. The van der Waals surface area contributed by atoms with E-state index in [4.69, 9.17) is 10.3 Å². The Morgan fingerprint density at radius 1 is 1.09 bits per heavy atom. The Kier molecular flexibility index (Phi) is 4.98. The van der Waals surface area contributed by atoms with Gasteiger partial charge in [0.05, 0.1) is 17.9 Å². The number of H-pyrrole nitrogens is 1. The molecule has 1 aromatic carbocycles. The van der Waals surface area contributed by atoms with Gasteiger partial charge in [0.15, 0.2) is 0 Å². The van der Waals surface area contributed by atoms with Crippen LogP contribution in [0.25, 0.3) is 28.0 Å². The van der Waals surface area contributed by atoms with Gasteiger partial charge in [-0.15, -0.1) is 9.38 Å². The van der Waals surface area contributed by atoms with Gasteiger partial charge in [-0.05, 0) is 31.5 Å². The Morgan fingerprint density at radius 3 is 2.58 bits per heavy atom. The number of aliphatic hydroxyl groups is 1. The highest BCUT2D eigenvalue weighted by atomic mass is 16.5. The largest absolute Gasteiger partial charge is 0.428 e. The molecule has 0 unspecified atom stereocenters. The lowest BCUT2D eigenvalue weighted by atomic mass is 9.99. The lowest BCUT2D eigenvalue weighted by molar-refractivity contribution is -0.516. The molecule has 0 atom stereocenters. The molecule has 0 aliphatic rings. The predicted molar refractivity (Wildman–Crippen MR) is 120 cm³/mol. The number of nitrogens with one attached hydrogen (secondary N) is 1. The number of nitrogens with two attached hydrogens (primary N) is 1. The van der Waals surface area contributed by atoms with E-state index in [1.165, 1.54) is 9.08 Å². The molecular weight excluding hydrogens is 422 g/mol. The number of rotatable bonds is 5. The SMILES string of the molecule is Cc1cc(-c2c(-c3ccccc3)nc(N)[n+]3c(=O)n(Cc4cc(C)on4)[nH]c23)cc(CO)n1. The highest BCUT2D eigenvalue weighted by Gasteiger charge is 2.26. The van der Waals surface area contributed by atoms with Crippen molar-refractivity contribution in [2.75, 3.05) is 5.73 Å². The van der Waals surface area contributed by atoms with Crippen LogP contribution in [-0.2, 0) is 13.2 Å². The lowest BCUT2D eigenvalue weighted by Gasteiger charge is -2.10. The maximum atomic E-state index is 13.2. The number of pyridine rings is 1. The van der Waals surface area contributed by atoms with E-state index in [-0.39, 0.29) is 24.8 Å². The molecule has 0 amide bonds. The summed E-state index contributed by atoms with van der Waals surface area (Å²) in [6.45, 7) is 3.60. The lowest BCUT2D eigenvalue weighted by Crippen LogP contribution is -2.44. The molecule has 5 aromatic rings. The molecule has 0 spiro atoms. The van der Waals surface area contributed by atoms with Crippen molar-refractivity contribution in [1.29, 1.82) is 0 Å². The topological polar surface area (TPSA) is 140 Å². The quantitative estimate of drug-likeness (QED) is 0.351. The zero-order valence-electron chi connectivity index (χ0n) is 18.1. The van der Waals surface area contributed by atoms with Crippen molar-refractivity contribution >= 4 is 11.6 Å². The van der Waals surface area contributed by atoms with E-state index < -0.39 is 0 Å². The Bertz CT molecular complexity index is 1530. The Labute approximate surface area is 187 Å². The number of benzene rings is 1. The molecule has 0 fully saturated rings. The number of aromatic amines is 1. The summed E-state index contributed by atoms with van der Waals surface area (Å²) < 4.78 is 7.87. The number of nitrogens with zero attached hydrogens (tertiary/aromatic N) is 5. The monoisotopic (exact) mass is 444 g/mol. The van der Waals surface area contributed by atoms with Gasteiger partial charge in [-0.3, -0.25) is 4.98 Å². The number of fused-ring (bicyclic) bond motifs is 1. The first-order valence-corrected chi connectivity index (χ1v) is 10.3. The van der Waals surface area contributed by atoms with E-state index in [1.807, 2.05) is 43.3 Å². The Balaban J connectivity index is 1.83. The maximum Gasteiger partial charge on any atom is 0.428 e. The molecule has 0 radical (unpaired) electrons. The van der Waals surface area contributed by atoms with Crippen LogP contribution in [0.5, 0.6) is 0 Å². The van der Waals surface area contributed by atoms with Crippen molar-refractivity contribution in [2.24, 2.45) is 0 Å². The standard InChI is InChI=1S/C23H21N7O3/c1-13-8-16(10-18(12-31)25-13)19-20(15-6-4-3-5-7-15)26-22(24)30-21(19)27-29(23(30)32)11-17-9-14(2)33-28-17/h3-10,31H,11-12H2,1-2H3,(H2,24,25,26,27)/p+1. The van der Waals surface area contributed by atoms with E-state index in [0.717, 1.165) is 16.8 Å². The predicted octanol–water partition coefficient (Wildman–Crippen LogP) is 1.77. The summed E-state index contributed by atoms with van der Waals surface area (Å²) in [6.07, 6.45) is 0. The van der Waals surface area contributed by atoms with Crippen LogP contribution in [0.4, 0.5) is 5.95 Å². The van der Waals surface area contributed by atoms with Gasteiger partial charge in [-0.2, -0.15) is 4.68 Å². The Morgan fingerprint density at radius 2 is 1.88 bits per heavy atom. The zero-order valence-corrected chi connectivity index (χ0v) is 18.1. The molecule has 5 rings (SSSR count). The number of hydrogen-bond acceptors (Lipinski definition) is 7. The van der Waals surface area contributed by atoms with Crippen LogP contribution in [0.2, 0.25) is 0 Å². The highest BCUT2D eigenvalue weighted by molar-refractivity contribution is 5.88. The molecule has 4 aromatic heterocycles. The first kappa shape index (κ1) is 20.6. The van der Waals surface area contributed by atoms with Crippen LogP contribution < -0.4 is 15.8 Å². The van der Waals surface area contributed by atoms with Gasteiger partial charge in [0.2, 0.25) is 5.65 Å².